The Balaban J connectivity index is 1.45. The molecule has 3 atom stereocenters. The predicted molar refractivity (Wildman–Crippen MR) is 115 cm³/mol. The third-order valence-corrected chi connectivity index (χ3v) is 6.85. The van der Waals surface area contributed by atoms with E-state index >= 15 is 0 Å². The predicted octanol–water partition coefficient (Wildman–Crippen LogP) is 3.11. The summed E-state index contributed by atoms with van der Waals surface area (Å²) < 4.78 is 7.28. The summed E-state index contributed by atoms with van der Waals surface area (Å²) in [4.78, 5) is 22.9. The van der Waals surface area contributed by atoms with Crippen LogP contribution in [0.3, 0.4) is 0 Å². The van der Waals surface area contributed by atoms with E-state index in [-0.39, 0.29) is 11.5 Å². The molecule has 0 amide bonds. The molecule has 2 aliphatic rings. The highest BCUT2D eigenvalue weighted by molar-refractivity contribution is 5.42. The second-order valence-corrected chi connectivity index (χ2v) is 8.76. The molecule has 2 unspecified atom stereocenters. The summed E-state index contributed by atoms with van der Waals surface area (Å²) in [7, 11) is 0. The summed E-state index contributed by atoms with van der Waals surface area (Å²) in [6, 6.07) is 10.9. The third-order valence-electron chi connectivity index (χ3n) is 6.85. The molecule has 7 heteroatoms. The van der Waals surface area contributed by atoms with E-state index in [1.165, 1.54) is 5.56 Å². The normalized spacial score (nSPS) is 24.5. The molecule has 2 saturated heterocycles. The molecule has 2 fully saturated rings. The highest BCUT2D eigenvalue weighted by atomic mass is 16.5. The molecular weight excluding hydrogens is 378 g/mol. The van der Waals surface area contributed by atoms with Crippen molar-refractivity contribution in [1.29, 1.82) is 0 Å². The van der Waals surface area contributed by atoms with Crippen LogP contribution in [-0.4, -0.2) is 50.8 Å². The molecule has 5 rings (SSSR count). The van der Waals surface area contributed by atoms with Crippen LogP contribution in [0, 0.1) is 5.92 Å². The molecule has 0 saturated carbocycles. The van der Waals surface area contributed by atoms with Crippen LogP contribution >= 0.6 is 0 Å². The lowest BCUT2D eigenvalue weighted by atomic mass is 9.97. The molecule has 2 aliphatic heterocycles. The zero-order chi connectivity index (χ0) is 20.7. The Labute approximate surface area is 176 Å². The maximum atomic E-state index is 12.8. The number of aromatic amines is 1. The Morgan fingerprint density at radius 3 is 2.70 bits per heavy atom. The molecule has 2 aromatic heterocycles. The first-order valence-corrected chi connectivity index (χ1v) is 11.0. The SMILES string of the molecule is CC1CN([C@@H](C)c2ccccc2)CC1c1nn2c(C3CCOCC3)ncc2c(=O)[nH]1. The van der Waals surface area contributed by atoms with Gasteiger partial charge >= 0.3 is 0 Å². The van der Waals surface area contributed by atoms with E-state index in [0.717, 1.165) is 50.8 Å². The van der Waals surface area contributed by atoms with Crippen LogP contribution < -0.4 is 5.56 Å². The van der Waals surface area contributed by atoms with Gasteiger partial charge in [0, 0.05) is 44.2 Å². The molecule has 0 spiro atoms. The number of imidazole rings is 1. The van der Waals surface area contributed by atoms with E-state index in [2.05, 4.69) is 59.0 Å². The molecule has 0 bridgehead atoms. The number of ether oxygens (including phenoxy) is 1. The molecule has 1 aromatic carbocycles. The minimum absolute atomic E-state index is 0.104. The number of H-pyrrole nitrogens is 1. The summed E-state index contributed by atoms with van der Waals surface area (Å²) in [6.07, 6.45) is 3.50. The van der Waals surface area contributed by atoms with Crippen LogP contribution in [0.15, 0.2) is 41.3 Å². The summed E-state index contributed by atoms with van der Waals surface area (Å²) in [5, 5.41) is 4.90. The second kappa shape index (κ2) is 7.96. The first-order chi connectivity index (χ1) is 14.6. The second-order valence-electron chi connectivity index (χ2n) is 8.76. The van der Waals surface area contributed by atoms with Crippen molar-refractivity contribution in [2.75, 3.05) is 26.3 Å². The first-order valence-electron chi connectivity index (χ1n) is 11.0. The van der Waals surface area contributed by atoms with Crippen LogP contribution in [0.4, 0.5) is 0 Å². The third kappa shape index (κ3) is 3.46. The number of rotatable bonds is 4. The van der Waals surface area contributed by atoms with Gasteiger partial charge in [-0.05, 0) is 31.2 Å². The molecule has 158 valence electrons. The molecule has 0 radical (unpaired) electrons. The zero-order valence-electron chi connectivity index (χ0n) is 17.6. The average molecular weight is 408 g/mol. The lowest BCUT2D eigenvalue weighted by Gasteiger charge is -2.24. The van der Waals surface area contributed by atoms with Gasteiger partial charge in [-0.2, -0.15) is 5.10 Å². The smallest absolute Gasteiger partial charge is 0.276 e. The number of hydrogen-bond acceptors (Lipinski definition) is 5. The van der Waals surface area contributed by atoms with E-state index in [0.29, 0.717) is 23.4 Å². The Morgan fingerprint density at radius 1 is 1.17 bits per heavy atom. The van der Waals surface area contributed by atoms with Gasteiger partial charge < -0.3 is 9.72 Å². The highest BCUT2D eigenvalue weighted by Gasteiger charge is 2.35. The van der Waals surface area contributed by atoms with Gasteiger partial charge in [0.05, 0.1) is 6.20 Å². The minimum Gasteiger partial charge on any atom is -0.381 e. The van der Waals surface area contributed by atoms with Crippen molar-refractivity contribution in [3.8, 4) is 0 Å². The van der Waals surface area contributed by atoms with E-state index in [9.17, 15) is 4.79 Å². The Morgan fingerprint density at radius 2 is 1.93 bits per heavy atom. The number of nitrogens with zero attached hydrogens (tertiary/aromatic N) is 4. The van der Waals surface area contributed by atoms with Gasteiger partial charge in [0.15, 0.2) is 5.52 Å². The minimum atomic E-state index is -0.104. The van der Waals surface area contributed by atoms with Crippen molar-refractivity contribution in [3.05, 3.63) is 64.1 Å². The van der Waals surface area contributed by atoms with Gasteiger partial charge in [-0.1, -0.05) is 37.3 Å². The highest BCUT2D eigenvalue weighted by Crippen LogP contribution is 2.35. The van der Waals surface area contributed by atoms with Gasteiger partial charge in [0.25, 0.3) is 5.56 Å². The molecule has 4 heterocycles. The van der Waals surface area contributed by atoms with Crippen molar-refractivity contribution in [3.63, 3.8) is 0 Å². The van der Waals surface area contributed by atoms with Crippen molar-refractivity contribution < 1.29 is 4.74 Å². The lowest BCUT2D eigenvalue weighted by molar-refractivity contribution is 0.0832. The van der Waals surface area contributed by atoms with Crippen LogP contribution in [0.2, 0.25) is 0 Å². The molecule has 30 heavy (non-hydrogen) atoms. The van der Waals surface area contributed by atoms with Crippen molar-refractivity contribution >= 4 is 5.52 Å². The Kier molecular flexibility index (Phi) is 5.16. The summed E-state index contributed by atoms with van der Waals surface area (Å²) in [6.45, 7) is 7.85. The number of nitrogens with one attached hydrogen (secondary N) is 1. The van der Waals surface area contributed by atoms with Gasteiger partial charge in [0.2, 0.25) is 0 Å². The van der Waals surface area contributed by atoms with E-state index in [4.69, 9.17) is 9.84 Å². The van der Waals surface area contributed by atoms with Crippen LogP contribution in [0.25, 0.3) is 5.52 Å². The number of fused-ring (bicyclic) bond motifs is 1. The van der Waals surface area contributed by atoms with Crippen molar-refractivity contribution in [1.82, 2.24) is 24.5 Å². The van der Waals surface area contributed by atoms with Crippen molar-refractivity contribution in [2.45, 2.75) is 44.6 Å². The Bertz CT molecular complexity index is 1070. The molecule has 7 nitrogen and oxygen atoms in total. The molecule has 3 aromatic rings. The number of benzene rings is 1. The number of hydrogen-bond donors (Lipinski definition) is 1. The largest absolute Gasteiger partial charge is 0.381 e. The summed E-state index contributed by atoms with van der Waals surface area (Å²) >= 11 is 0. The number of aromatic nitrogens is 4. The average Bonchev–Trinajstić information content (AvgIpc) is 3.38. The van der Waals surface area contributed by atoms with Gasteiger partial charge in [-0.25, -0.2) is 9.50 Å². The topological polar surface area (TPSA) is 75.5 Å². The quantitative estimate of drug-likeness (QED) is 0.719. The molecular formula is C23H29N5O2. The fraction of sp³-hybridized carbons (Fsp3) is 0.522. The van der Waals surface area contributed by atoms with E-state index in [1.54, 1.807) is 10.7 Å². The van der Waals surface area contributed by atoms with Gasteiger partial charge in [-0.3, -0.25) is 9.69 Å². The van der Waals surface area contributed by atoms with E-state index in [1.807, 2.05) is 0 Å². The number of likely N-dealkylation sites (tertiary alicyclic amines) is 1. The monoisotopic (exact) mass is 407 g/mol. The van der Waals surface area contributed by atoms with E-state index < -0.39 is 0 Å². The fourth-order valence-corrected chi connectivity index (χ4v) is 4.95. The van der Waals surface area contributed by atoms with Crippen LogP contribution in [0.5, 0.6) is 0 Å². The maximum absolute atomic E-state index is 12.8. The summed E-state index contributed by atoms with van der Waals surface area (Å²) in [5.74, 6) is 2.55. The first kappa shape index (κ1) is 19.5. The maximum Gasteiger partial charge on any atom is 0.276 e. The Hall–Kier alpha value is -2.51. The van der Waals surface area contributed by atoms with Gasteiger partial charge in [-0.15, -0.1) is 0 Å². The lowest BCUT2D eigenvalue weighted by Crippen LogP contribution is -2.26. The fourth-order valence-electron chi connectivity index (χ4n) is 4.95. The standard InChI is InChI=1S/C23H29N5O2/c1-15-13-27(16(2)17-6-4-3-5-7-17)14-19(15)21-25-23(29)20-12-24-22(28(20)26-21)18-8-10-30-11-9-18/h3-7,12,15-16,18-19H,8-11,13-14H2,1-2H3,(H,25,26,29)/t15?,16-,19?/m0/s1. The van der Waals surface area contributed by atoms with Crippen LogP contribution in [-0.2, 0) is 4.74 Å². The van der Waals surface area contributed by atoms with Crippen LogP contribution in [0.1, 0.15) is 61.8 Å². The molecule has 0 aliphatic carbocycles. The summed E-state index contributed by atoms with van der Waals surface area (Å²) in [5.41, 5.74) is 1.74. The zero-order valence-corrected chi connectivity index (χ0v) is 17.6. The van der Waals surface area contributed by atoms with Gasteiger partial charge in [0.1, 0.15) is 11.6 Å². The molecule has 1 N–H and O–H groups in total. The van der Waals surface area contributed by atoms with Crippen molar-refractivity contribution in [2.24, 2.45) is 5.92 Å².